The Kier molecular flexibility index (Phi) is 6.23. The summed E-state index contributed by atoms with van der Waals surface area (Å²) >= 11 is 0. The second-order valence-corrected chi connectivity index (χ2v) is 3.54. The van der Waals surface area contributed by atoms with Crippen molar-refractivity contribution < 1.29 is 6.16 Å². The molecule has 0 bridgehead atoms. The van der Waals surface area contributed by atoms with Crippen LogP contribution in [0, 0.1) is 5.41 Å². The Morgan fingerprint density at radius 2 is 1.94 bits per heavy atom. The molecule has 0 radical (unpaired) electrons. The average molecular weight is 224 g/mol. The Morgan fingerprint density at radius 1 is 1.38 bits per heavy atom. The van der Waals surface area contributed by atoms with Crippen molar-refractivity contribution in [3.63, 3.8) is 0 Å². The lowest BCUT2D eigenvalue weighted by Gasteiger charge is -2.11. The number of hydrogen-bond donors (Lipinski definition) is 2. The van der Waals surface area contributed by atoms with Crippen LogP contribution in [0.1, 0.15) is 41.6 Å². The lowest BCUT2D eigenvalue weighted by atomic mass is 10.1. The summed E-state index contributed by atoms with van der Waals surface area (Å²) in [5.41, 5.74) is 7.54. The number of anilines is 1. The topological polar surface area (TPSA) is 59.1 Å². The summed E-state index contributed by atoms with van der Waals surface area (Å²) in [5.74, 6) is 0.760. The van der Waals surface area contributed by atoms with Gasteiger partial charge in [-0.15, -0.1) is 0 Å². The predicted molar refractivity (Wildman–Crippen MR) is 72.6 cm³/mol. The molecule has 16 heavy (non-hydrogen) atoms. The Labute approximate surface area is 99.6 Å². The van der Waals surface area contributed by atoms with Gasteiger partial charge in [-0.2, -0.15) is 0 Å². The van der Waals surface area contributed by atoms with E-state index in [-0.39, 0.29) is 7.53 Å². The smallest absolute Gasteiger partial charge is 0.120 e. The number of benzene rings is 1. The van der Waals surface area contributed by atoms with Crippen LogP contribution in [0.4, 0.5) is 5.69 Å². The zero-order valence-corrected chi connectivity index (χ0v) is 10.8. The maximum atomic E-state index is 7.52. The zero-order valence-electron chi connectivity index (χ0n) is 10.8. The van der Waals surface area contributed by atoms with Crippen LogP contribution in [0.2, 0.25) is 0 Å². The highest BCUT2D eigenvalue weighted by Crippen LogP contribution is 2.20. The van der Waals surface area contributed by atoms with E-state index < -0.39 is 0 Å². The van der Waals surface area contributed by atoms with Crippen LogP contribution < -0.4 is 10.5 Å². The number of ether oxygens (including phenoxy) is 1. The minimum Gasteiger partial charge on any atom is -0.491 e. The van der Waals surface area contributed by atoms with E-state index in [1.165, 1.54) is 0 Å². The van der Waals surface area contributed by atoms with Crippen molar-refractivity contribution in [3.8, 4) is 5.75 Å². The van der Waals surface area contributed by atoms with Crippen molar-refractivity contribution in [1.29, 1.82) is 5.41 Å². The largest absolute Gasteiger partial charge is 0.491 e. The average Bonchev–Trinajstić information content (AvgIpc) is 2.23. The van der Waals surface area contributed by atoms with E-state index in [1.807, 2.05) is 33.8 Å². The molecule has 1 rings (SSSR count). The van der Waals surface area contributed by atoms with Gasteiger partial charge in [0.2, 0.25) is 0 Å². The number of rotatable bonds is 3. The third kappa shape index (κ3) is 4.34. The van der Waals surface area contributed by atoms with Crippen LogP contribution in [0.15, 0.2) is 18.2 Å². The Hall–Kier alpha value is -1.51. The highest BCUT2D eigenvalue weighted by atomic mass is 16.5. The molecular weight excluding hydrogens is 200 g/mol. The molecule has 0 spiro atoms. The summed E-state index contributed by atoms with van der Waals surface area (Å²) < 4.78 is 5.51. The molecule has 3 heteroatoms. The molecule has 0 aliphatic carbocycles. The third-order valence-corrected chi connectivity index (χ3v) is 1.80. The van der Waals surface area contributed by atoms with Gasteiger partial charge in [0.15, 0.2) is 0 Å². The number of nitrogen functional groups attached to an aromatic ring is 1. The SMILES string of the molecule is CC.CC(=N)c1cc(OC(C)C)ccc1N.[HH]. The van der Waals surface area contributed by atoms with Gasteiger partial charge in [-0.3, -0.25) is 0 Å². The molecule has 0 aliphatic heterocycles. The quantitative estimate of drug-likeness (QED) is 0.607. The van der Waals surface area contributed by atoms with Gasteiger partial charge in [-0.05, 0) is 39.0 Å². The molecule has 1 aromatic rings. The molecule has 0 saturated heterocycles. The van der Waals surface area contributed by atoms with Crippen LogP contribution in [0.5, 0.6) is 5.75 Å². The molecular formula is C13H24N2O. The van der Waals surface area contributed by atoms with E-state index in [1.54, 1.807) is 19.1 Å². The number of nitrogens with one attached hydrogen (secondary N) is 1. The lowest BCUT2D eigenvalue weighted by Crippen LogP contribution is -2.07. The van der Waals surface area contributed by atoms with Crippen LogP contribution in [-0.2, 0) is 0 Å². The first kappa shape index (κ1) is 14.5. The first-order chi connectivity index (χ1) is 7.50. The molecule has 0 fully saturated rings. The molecule has 1 aromatic carbocycles. The van der Waals surface area contributed by atoms with E-state index >= 15 is 0 Å². The van der Waals surface area contributed by atoms with Gasteiger partial charge in [0.1, 0.15) is 5.75 Å². The van der Waals surface area contributed by atoms with Crippen LogP contribution >= 0.6 is 0 Å². The van der Waals surface area contributed by atoms with Crippen LogP contribution in [0.25, 0.3) is 0 Å². The molecule has 0 heterocycles. The van der Waals surface area contributed by atoms with Crippen molar-refractivity contribution in [2.45, 2.75) is 40.7 Å². The lowest BCUT2D eigenvalue weighted by molar-refractivity contribution is 0.242. The summed E-state index contributed by atoms with van der Waals surface area (Å²) in [4.78, 5) is 0. The minimum atomic E-state index is 0. The zero-order chi connectivity index (χ0) is 12.7. The highest BCUT2D eigenvalue weighted by molar-refractivity contribution is 6.01. The maximum Gasteiger partial charge on any atom is 0.120 e. The molecule has 0 aliphatic rings. The fourth-order valence-electron chi connectivity index (χ4n) is 1.21. The van der Waals surface area contributed by atoms with Gasteiger partial charge >= 0.3 is 0 Å². The second-order valence-electron chi connectivity index (χ2n) is 3.54. The van der Waals surface area contributed by atoms with Crippen molar-refractivity contribution in [2.75, 3.05) is 5.73 Å². The summed E-state index contributed by atoms with van der Waals surface area (Å²) in [6.07, 6.45) is 0.137. The van der Waals surface area contributed by atoms with E-state index in [0.29, 0.717) is 11.4 Å². The van der Waals surface area contributed by atoms with Gasteiger partial charge < -0.3 is 15.9 Å². The Bertz CT molecular complexity index is 351. The molecule has 0 saturated carbocycles. The summed E-state index contributed by atoms with van der Waals surface area (Å²) in [5, 5.41) is 7.52. The Balaban J connectivity index is 0. The fraction of sp³-hybridized carbons (Fsp3) is 0.462. The molecule has 0 atom stereocenters. The van der Waals surface area contributed by atoms with Gasteiger partial charge in [-0.25, -0.2) is 0 Å². The van der Waals surface area contributed by atoms with Gasteiger partial charge in [0.05, 0.1) is 6.10 Å². The first-order valence-corrected chi connectivity index (χ1v) is 5.62. The van der Waals surface area contributed by atoms with E-state index in [0.717, 1.165) is 11.3 Å². The van der Waals surface area contributed by atoms with Gasteiger partial charge in [0, 0.05) is 18.4 Å². The molecule has 0 unspecified atom stereocenters. The van der Waals surface area contributed by atoms with Crippen LogP contribution in [0.3, 0.4) is 0 Å². The predicted octanol–water partition coefficient (Wildman–Crippen LogP) is 3.72. The molecule has 3 N–H and O–H groups in total. The monoisotopic (exact) mass is 224 g/mol. The van der Waals surface area contributed by atoms with E-state index in [4.69, 9.17) is 15.9 Å². The Morgan fingerprint density at radius 3 is 2.38 bits per heavy atom. The maximum absolute atomic E-state index is 7.52. The highest BCUT2D eigenvalue weighted by Gasteiger charge is 2.04. The second kappa shape index (κ2) is 6.88. The molecule has 92 valence electrons. The third-order valence-electron chi connectivity index (χ3n) is 1.80. The minimum absolute atomic E-state index is 0. The standard InChI is InChI=1S/C11H16N2O.C2H6.H2/c1-7(2)14-9-4-5-11(13)10(6-9)8(3)12;1-2;/h4-7,12H,13H2,1-3H3;1-2H3;1H. The summed E-state index contributed by atoms with van der Waals surface area (Å²) in [6.45, 7) is 9.64. The van der Waals surface area contributed by atoms with Crippen molar-refractivity contribution >= 4 is 11.4 Å². The normalized spacial score (nSPS) is 9.38. The fourth-order valence-corrected chi connectivity index (χ4v) is 1.21. The van der Waals surface area contributed by atoms with Crippen molar-refractivity contribution in [2.24, 2.45) is 0 Å². The summed E-state index contributed by atoms with van der Waals surface area (Å²) in [6, 6.07) is 5.39. The van der Waals surface area contributed by atoms with E-state index in [2.05, 4.69) is 0 Å². The van der Waals surface area contributed by atoms with Crippen molar-refractivity contribution in [1.82, 2.24) is 0 Å². The molecule has 3 nitrogen and oxygen atoms in total. The number of nitrogens with two attached hydrogens (primary N) is 1. The first-order valence-electron chi connectivity index (χ1n) is 5.62. The van der Waals surface area contributed by atoms with Crippen molar-refractivity contribution in [3.05, 3.63) is 23.8 Å². The number of hydrogen-bond acceptors (Lipinski definition) is 3. The van der Waals surface area contributed by atoms with E-state index in [9.17, 15) is 0 Å². The molecule has 0 aromatic heterocycles. The molecule has 0 amide bonds. The van der Waals surface area contributed by atoms with Gasteiger partial charge in [0.25, 0.3) is 0 Å². The van der Waals surface area contributed by atoms with Gasteiger partial charge in [-0.1, -0.05) is 13.8 Å². The van der Waals surface area contributed by atoms with Crippen LogP contribution in [-0.4, -0.2) is 11.8 Å². The summed E-state index contributed by atoms with van der Waals surface area (Å²) in [7, 11) is 0.